The van der Waals surface area contributed by atoms with Crippen LogP contribution in [0.25, 0.3) is 5.32 Å². The molecule has 0 amide bonds. The molecule has 0 aliphatic rings. The van der Waals surface area contributed by atoms with E-state index >= 15 is 0 Å². The third-order valence-electron chi connectivity index (χ3n) is 7.79. The molecule has 1 N–H and O–H groups in total. The Bertz CT molecular complexity index is 1580. The summed E-state index contributed by atoms with van der Waals surface area (Å²) in [6, 6.07) is 38.9. The Morgan fingerprint density at radius 1 is 0.646 bits per heavy atom. The van der Waals surface area contributed by atoms with Gasteiger partial charge in [-0.25, -0.2) is 0 Å². The molecule has 0 saturated carbocycles. The molecule has 252 valence electrons. The molecule has 0 saturated heterocycles. The average molecular weight is 804 g/mol. The van der Waals surface area contributed by atoms with Gasteiger partial charge < -0.3 is 10.4 Å². The molecule has 0 aliphatic heterocycles. The molecule has 5 aromatic carbocycles. The molecule has 0 unspecified atom stereocenters. The van der Waals surface area contributed by atoms with Crippen LogP contribution in [0, 0.1) is 41.5 Å². The molecular formula is C44H53HfN2O-3. The normalized spacial score (nSPS) is 10.6. The second-order valence-electron chi connectivity index (χ2n) is 13.4. The number of rotatable bonds is 8. The molecule has 3 nitrogen and oxygen atoms in total. The van der Waals surface area contributed by atoms with Crippen molar-refractivity contribution in [3.8, 4) is 5.75 Å². The summed E-state index contributed by atoms with van der Waals surface area (Å²) in [6.45, 7) is 25.5. The molecule has 0 aliphatic carbocycles. The van der Waals surface area contributed by atoms with Crippen molar-refractivity contribution >= 4 is 5.69 Å². The van der Waals surface area contributed by atoms with Gasteiger partial charge in [0.05, 0.1) is 0 Å². The molecule has 48 heavy (non-hydrogen) atoms. The van der Waals surface area contributed by atoms with Crippen LogP contribution in [0.2, 0.25) is 0 Å². The van der Waals surface area contributed by atoms with E-state index in [9.17, 15) is 5.11 Å². The zero-order chi connectivity index (χ0) is 34.4. The van der Waals surface area contributed by atoms with Crippen molar-refractivity contribution in [3.05, 3.63) is 184 Å². The second kappa shape index (κ2) is 19.9. The standard InChI is InChI=1S/C30H39N2O.2C7H7.Hf/c1-21-15-23(3)28(24(4)16-21)31-13-14-32(19-25-11-9-8-10-12-25)20-26-17-22(2)18-27(29(26)33)30(5,6)7;2*1-7-5-3-2-4-6-7;/h8-12,15-18,33H,13-14,19-20H2,1-7H3;2*2-6H,1H2;/q3*-1;. The Labute approximate surface area is 310 Å². The van der Waals surface area contributed by atoms with Crippen LogP contribution in [0.3, 0.4) is 0 Å². The first-order chi connectivity index (χ1) is 22.3. The number of phenolic OH excluding ortho intramolecular Hbond substituents is 1. The molecule has 5 aromatic rings. The molecule has 0 heterocycles. The van der Waals surface area contributed by atoms with Crippen molar-refractivity contribution in [2.75, 3.05) is 13.1 Å². The van der Waals surface area contributed by atoms with Gasteiger partial charge in [-0.05, 0) is 50.8 Å². The number of nitrogens with zero attached hydrogens (tertiary/aromatic N) is 2. The van der Waals surface area contributed by atoms with Gasteiger partial charge in [0, 0.05) is 44.5 Å². The number of benzene rings is 5. The Hall–Kier alpha value is -3.73. The minimum absolute atomic E-state index is 0. The largest absolute Gasteiger partial charge is 0.683 e. The van der Waals surface area contributed by atoms with Crippen LogP contribution in [-0.4, -0.2) is 23.1 Å². The Morgan fingerprint density at radius 2 is 1.10 bits per heavy atom. The maximum Gasteiger partial charge on any atom is 0.123 e. The van der Waals surface area contributed by atoms with E-state index < -0.39 is 0 Å². The summed E-state index contributed by atoms with van der Waals surface area (Å²) in [5.41, 5.74) is 11.3. The van der Waals surface area contributed by atoms with E-state index in [2.05, 4.69) is 116 Å². The quantitative estimate of drug-likeness (QED) is 0.125. The number of phenols is 1. The van der Waals surface area contributed by atoms with E-state index in [0.29, 0.717) is 12.3 Å². The molecular weight excluding hydrogens is 751 g/mol. The smallest absolute Gasteiger partial charge is 0.123 e. The third kappa shape index (κ3) is 13.8. The van der Waals surface area contributed by atoms with E-state index in [1.165, 1.54) is 27.8 Å². The maximum atomic E-state index is 11.1. The number of aryl methyl sites for hydroxylation is 4. The summed E-state index contributed by atoms with van der Waals surface area (Å²) in [7, 11) is 0. The molecule has 0 fully saturated rings. The van der Waals surface area contributed by atoms with Gasteiger partial charge in [-0.3, -0.25) is 4.90 Å². The Kier molecular flexibility index (Phi) is 16.8. The van der Waals surface area contributed by atoms with Crippen LogP contribution in [0.5, 0.6) is 5.75 Å². The van der Waals surface area contributed by atoms with E-state index in [0.717, 1.165) is 47.6 Å². The summed E-state index contributed by atoms with van der Waals surface area (Å²) >= 11 is 0. The molecule has 0 bridgehead atoms. The first-order valence-corrected chi connectivity index (χ1v) is 16.4. The molecule has 0 atom stereocenters. The van der Waals surface area contributed by atoms with Crippen LogP contribution < -0.4 is 0 Å². The average Bonchev–Trinajstić information content (AvgIpc) is 3.01. The summed E-state index contributed by atoms with van der Waals surface area (Å²) in [5, 5.41) is 16.1. The molecule has 4 heteroatoms. The number of hydrogen-bond acceptors (Lipinski definition) is 2. The van der Waals surface area contributed by atoms with Crippen molar-refractivity contribution in [3.63, 3.8) is 0 Å². The monoisotopic (exact) mass is 805 g/mol. The first-order valence-electron chi connectivity index (χ1n) is 16.4. The fourth-order valence-corrected chi connectivity index (χ4v) is 5.52. The summed E-state index contributed by atoms with van der Waals surface area (Å²) in [4.78, 5) is 2.39. The zero-order valence-corrected chi connectivity index (χ0v) is 33.6. The van der Waals surface area contributed by atoms with Gasteiger partial charge in [0.1, 0.15) is 5.75 Å². The second-order valence-corrected chi connectivity index (χ2v) is 13.4. The number of hydrogen-bond donors (Lipinski definition) is 1. The van der Waals surface area contributed by atoms with Gasteiger partial charge in [0.2, 0.25) is 0 Å². The predicted octanol–water partition coefficient (Wildman–Crippen LogP) is 11.4. The first kappa shape index (κ1) is 40.4. The molecule has 0 spiro atoms. The molecule has 5 rings (SSSR count). The van der Waals surface area contributed by atoms with Crippen molar-refractivity contribution in [2.45, 2.75) is 67.0 Å². The minimum Gasteiger partial charge on any atom is -0.683 e. The van der Waals surface area contributed by atoms with Crippen molar-refractivity contribution in [2.24, 2.45) is 0 Å². The van der Waals surface area contributed by atoms with Crippen LogP contribution in [0.15, 0.2) is 115 Å². The minimum atomic E-state index is -0.106. The van der Waals surface area contributed by atoms with E-state index in [1.54, 1.807) is 0 Å². The van der Waals surface area contributed by atoms with E-state index in [1.807, 2.05) is 66.7 Å². The Balaban J connectivity index is 0.000000437. The van der Waals surface area contributed by atoms with Crippen molar-refractivity contribution in [1.29, 1.82) is 0 Å². The predicted molar refractivity (Wildman–Crippen MR) is 202 cm³/mol. The van der Waals surface area contributed by atoms with Crippen LogP contribution >= 0.6 is 0 Å². The van der Waals surface area contributed by atoms with Gasteiger partial charge in [-0.2, -0.15) is 49.2 Å². The third-order valence-corrected chi connectivity index (χ3v) is 7.79. The SMILES string of the molecule is Cc1cc(C)c([N-]CCN(Cc2ccccc2)Cc2cc(C)cc(C(C)(C)C)c2O)c(C)c1.[CH2-]c1ccccc1.[CH2-]c1ccccc1.[Hf]. The van der Waals surface area contributed by atoms with Gasteiger partial charge in [-0.1, -0.05) is 110 Å². The van der Waals surface area contributed by atoms with Crippen LogP contribution in [0.4, 0.5) is 5.69 Å². The fourth-order valence-electron chi connectivity index (χ4n) is 5.52. The fraction of sp³-hybridized carbons (Fsp3) is 0.273. The van der Waals surface area contributed by atoms with Gasteiger partial charge in [-0.15, -0.1) is 36.5 Å². The topological polar surface area (TPSA) is 37.6 Å². The van der Waals surface area contributed by atoms with Gasteiger partial charge in [0.25, 0.3) is 0 Å². The summed E-state index contributed by atoms with van der Waals surface area (Å²) in [6.07, 6.45) is 0. The Morgan fingerprint density at radius 3 is 1.54 bits per heavy atom. The summed E-state index contributed by atoms with van der Waals surface area (Å²) in [5.74, 6) is 0.424. The van der Waals surface area contributed by atoms with Gasteiger partial charge in [0.15, 0.2) is 0 Å². The number of aromatic hydroxyl groups is 1. The van der Waals surface area contributed by atoms with Gasteiger partial charge >= 0.3 is 0 Å². The van der Waals surface area contributed by atoms with Crippen LogP contribution in [-0.2, 0) is 44.3 Å². The van der Waals surface area contributed by atoms with Crippen molar-refractivity contribution in [1.82, 2.24) is 4.90 Å². The zero-order valence-electron chi connectivity index (χ0n) is 30.1. The summed E-state index contributed by atoms with van der Waals surface area (Å²) < 4.78 is 0. The van der Waals surface area contributed by atoms with E-state index in [4.69, 9.17) is 5.32 Å². The molecule has 0 radical (unpaired) electrons. The molecule has 0 aromatic heterocycles. The van der Waals surface area contributed by atoms with E-state index in [-0.39, 0.29) is 31.3 Å². The van der Waals surface area contributed by atoms with Crippen LogP contribution in [0.1, 0.15) is 70.8 Å². The maximum absolute atomic E-state index is 11.1. The van der Waals surface area contributed by atoms with Crippen molar-refractivity contribution < 1.29 is 30.9 Å².